The van der Waals surface area contributed by atoms with Crippen molar-refractivity contribution in [1.82, 2.24) is 25.3 Å². The van der Waals surface area contributed by atoms with E-state index in [4.69, 9.17) is 0 Å². The number of piperidine rings is 1. The highest BCUT2D eigenvalue weighted by Crippen LogP contribution is 2.19. The van der Waals surface area contributed by atoms with E-state index in [1.54, 1.807) is 25.4 Å². The predicted molar refractivity (Wildman–Crippen MR) is 111 cm³/mol. The smallest absolute Gasteiger partial charge is 0.190 e. The van der Waals surface area contributed by atoms with E-state index in [-0.39, 0.29) is 5.82 Å². The molecular formula is C21H31FN6. The maximum absolute atomic E-state index is 13.8. The maximum atomic E-state index is 13.8. The summed E-state index contributed by atoms with van der Waals surface area (Å²) in [5.41, 5.74) is 0.791. The number of nitrogens with zero attached hydrogens (tertiary/aromatic N) is 4. The molecule has 152 valence electrons. The van der Waals surface area contributed by atoms with Gasteiger partial charge >= 0.3 is 0 Å². The lowest BCUT2D eigenvalue weighted by molar-refractivity contribution is 0.176. The Balaban J connectivity index is 1.31. The summed E-state index contributed by atoms with van der Waals surface area (Å²) in [5, 5.41) is 11.0. The van der Waals surface area contributed by atoms with Gasteiger partial charge in [0, 0.05) is 51.2 Å². The molecule has 2 N–H and O–H groups in total. The van der Waals surface area contributed by atoms with Crippen LogP contribution in [0.25, 0.3) is 0 Å². The van der Waals surface area contributed by atoms with Crippen LogP contribution in [-0.4, -0.2) is 53.9 Å². The fourth-order valence-corrected chi connectivity index (χ4v) is 3.56. The van der Waals surface area contributed by atoms with Gasteiger partial charge in [0.25, 0.3) is 0 Å². The van der Waals surface area contributed by atoms with Gasteiger partial charge in [-0.05, 0) is 50.4 Å². The zero-order chi connectivity index (χ0) is 19.6. The second kappa shape index (κ2) is 10.8. The molecule has 1 aliphatic rings. The van der Waals surface area contributed by atoms with Crippen molar-refractivity contribution < 1.29 is 4.39 Å². The lowest BCUT2D eigenvalue weighted by Crippen LogP contribution is -2.43. The molecule has 7 heteroatoms. The topological polar surface area (TPSA) is 57.5 Å². The van der Waals surface area contributed by atoms with Crippen LogP contribution >= 0.6 is 0 Å². The number of rotatable bonds is 8. The molecule has 0 amide bonds. The Hall–Kier alpha value is -2.41. The van der Waals surface area contributed by atoms with E-state index in [1.165, 1.54) is 0 Å². The largest absolute Gasteiger partial charge is 0.356 e. The van der Waals surface area contributed by atoms with E-state index >= 15 is 0 Å². The molecule has 1 aromatic heterocycles. The molecule has 0 aliphatic carbocycles. The second-order valence-electron chi connectivity index (χ2n) is 7.31. The Labute approximate surface area is 166 Å². The molecule has 0 spiro atoms. The van der Waals surface area contributed by atoms with E-state index in [2.05, 4.69) is 25.6 Å². The number of benzene rings is 1. The summed E-state index contributed by atoms with van der Waals surface area (Å²) in [6, 6.07) is 9.01. The summed E-state index contributed by atoms with van der Waals surface area (Å²) in [7, 11) is 1.81. The maximum Gasteiger partial charge on any atom is 0.190 e. The molecule has 28 heavy (non-hydrogen) atoms. The molecule has 2 heterocycles. The molecule has 1 saturated heterocycles. The van der Waals surface area contributed by atoms with Crippen LogP contribution < -0.4 is 10.6 Å². The van der Waals surface area contributed by atoms with Gasteiger partial charge < -0.3 is 10.6 Å². The van der Waals surface area contributed by atoms with Gasteiger partial charge in [-0.15, -0.1) is 0 Å². The predicted octanol–water partition coefficient (Wildman–Crippen LogP) is 2.49. The quantitative estimate of drug-likeness (QED) is 0.416. The summed E-state index contributed by atoms with van der Waals surface area (Å²) < 4.78 is 15.8. The van der Waals surface area contributed by atoms with Crippen molar-refractivity contribution >= 4 is 5.96 Å². The van der Waals surface area contributed by atoms with Crippen molar-refractivity contribution in [3.63, 3.8) is 0 Å². The third-order valence-electron chi connectivity index (χ3n) is 5.26. The van der Waals surface area contributed by atoms with Gasteiger partial charge in [-0.1, -0.05) is 18.2 Å². The van der Waals surface area contributed by atoms with E-state index in [9.17, 15) is 4.39 Å². The number of aromatic nitrogens is 2. The highest BCUT2D eigenvalue weighted by Gasteiger charge is 2.20. The number of guanidine groups is 1. The van der Waals surface area contributed by atoms with Gasteiger partial charge in [0.05, 0.1) is 0 Å². The summed E-state index contributed by atoms with van der Waals surface area (Å²) >= 11 is 0. The van der Waals surface area contributed by atoms with Gasteiger partial charge in [-0.3, -0.25) is 14.6 Å². The van der Waals surface area contributed by atoms with Crippen molar-refractivity contribution in [2.24, 2.45) is 10.9 Å². The Bertz CT molecular complexity index is 722. The van der Waals surface area contributed by atoms with Crippen molar-refractivity contribution in [3.8, 4) is 0 Å². The number of aryl methyl sites for hydroxylation is 1. The van der Waals surface area contributed by atoms with Crippen LogP contribution in [0, 0.1) is 11.7 Å². The molecule has 2 aromatic rings. The van der Waals surface area contributed by atoms with E-state index < -0.39 is 0 Å². The summed E-state index contributed by atoms with van der Waals surface area (Å²) in [4.78, 5) is 6.65. The highest BCUT2D eigenvalue weighted by molar-refractivity contribution is 5.79. The van der Waals surface area contributed by atoms with E-state index in [0.29, 0.717) is 12.5 Å². The van der Waals surface area contributed by atoms with Crippen molar-refractivity contribution in [2.75, 3.05) is 33.2 Å². The summed E-state index contributed by atoms with van der Waals surface area (Å²) in [6.45, 7) is 5.41. The number of aliphatic imine (C=N–C) groups is 1. The van der Waals surface area contributed by atoms with Crippen molar-refractivity contribution in [3.05, 3.63) is 54.1 Å². The van der Waals surface area contributed by atoms with E-state index in [0.717, 1.165) is 63.5 Å². The van der Waals surface area contributed by atoms with Crippen LogP contribution in [0.5, 0.6) is 0 Å². The molecule has 0 bridgehead atoms. The van der Waals surface area contributed by atoms with Crippen LogP contribution in [0.4, 0.5) is 4.39 Å². The monoisotopic (exact) mass is 386 g/mol. The fourth-order valence-electron chi connectivity index (χ4n) is 3.56. The average Bonchev–Trinajstić information content (AvgIpc) is 3.24. The molecular weight excluding hydrogens is 355 g/mol. The van der Waals surface area contributed by atoms with E-state index in [1.807, 2.05) is 29.1 Å². The molecule has 0 saturated carbocycles. The number of hydrogen-bond donors (Lipinski definition) is 2. The zero-order valence-electron chi connectivity index (χ0n) is 16.6. The molecule has 0 radical (unpaired) electrons. The Kier molecular flexibility index (Phi) is 7.84. The molecule has 1 aromatic carbocycles. The minimum atomic E-state index is -0.103. The van der Waals surface area contributed by atoms with Gasteiger partial charge in [0.1, 0.15) is 5.82 Å². The van der Waals surface area contributed by atoms with Gasteiger partial charge in [-0.2, -0.15) is 5.10 Å². The first-order valence-electron chi connectivity index (χ1n) is 10.1. The SMILES string of the molecule is CN=C(NCCCn1cccn1)NCC1CCN(Cc2ccccc2F)CC1. The zero-order valence-corrected chi connectivity index (χ0v) is 16.6. The van der Waals surface area contributed by atoms with Crippen molar-refractivity contribution in [2.45, 2.75) is 32.4 Å². The number of halogens is 1. The first-order valence-corrected chi connectivity index (χ1v) is 10.1. The summed E-state index contributed by atoms with van der Waals surface area (Å²) in [5.74, 6) is 1.38. The molecule has 3 rings (SSSR count). The van der Waals surface area contributed by atoms with Crippen LogP contribution in [0.3, 0.4) is 0 Å². The van der Waals surface area contributed by atoms with Gasteiger partial charge in [0.2, 0.25) is 0 Å². The van der Waals surface area contributed by atoms with Crippen LogP contribution in [-0.2, 0) is 13.1 Å². The highest BCUT2D eigenvalue weighted by atomic mass is 19.1. The number of likely N-dealkylation sites (tertiary alicyclic amines) is 1. The standard InChI is InChI=1S/C21H31FN6/c1-23-21(24-10-4-12-28-13-5-11-26-28)25-16-18-8-14-27(15-9-18)17-19-6-2-3-7-20(19)22/h2-3,5-7,11,13,18H,4,8-10,12,14-17H2,1H3,(H2,23,24,25). The lowest BCUT2D eigenvalue weighted by Gasteiger charge is -2.32. The Morgan fingerprint density at radius 2 is 2.04 bits per heavy atom. The molecule has 1 fully saturated rings. The minimum absolute atomic E-state index is 0.103. The third-order valence-corrected chi connectivity index (χ3v) is 5.26. The van der Waals surface area contributed by atoms with Crippen molar-refractivity contribution in [1.29, 1.82) is 0 Å². The van der Waals surface area contributed by atoms with Gasteiger partial charge in [0.15, 0.2) is 5.96 Å². The lowest BCUT2D eigenvalue weighted by atomic mass is 9.96. The summed E-state index contributed by atoms with van der Waals surface area (Å²) in [6.07, 6.45) is 7.02. The second-order valence-corrected chi connectivity index (χ2v) is 7.31. The third kappa shape index (κ3) is 6.34. The molecule has 0 atom stereocenters. The van der Waals surface area contributed by atoms with Crippen LogP contribution in [0.15, 0.2) is 47.7 Å². The normalized spacial score (nSPS) is 16.3. The fraction of sp³-hybridized carbons (Fsp3) is 0.524. The van der Waals surface area contributed by atoms with Gasteiger partial charge in [-0.25, -0.2) is 4.39 Å². The Morgan fingerprint density at radius 1 is 1.21 bits per heavy atom. The molecule has 0 unspecified atom stereocenters. The first kappa shape index (κ1) is 20.3. The molecule has 1 aliphatic heterocycles. The minimum Gasteiger partial charge on any atom is -0.356 e. The average molecular weight is 387 g/mol. The van der Waals surface area contributed by atoms with Crippen LogP contribution in [0.2, 0.25) is 0 Å². The van der Waals surface area contributed by atoms with Crippen LogP contribution in [0.1, 0.15) is 24.8 Å². The first-order chi connectivity index (χ1) is 13.7. The number of nitrogens with one attached hydrogen (secondary N) is 2. The number of hydrogen-bond acceptors (Lipinski definition) is 3. The molecule has 6 nitrogen and oxygen atoms in total. The Morgan fingerprint density at radius 3 is 2.75 bits per heavy atom.